The van der Waals surface area contributed by atoms with Gasteiger partial charge in [-0.05, 0) is 38.1 Å². The van der Waals surface area contributed by atoms with E-state index in [2.05, 4.69) is 30.0 Å². The molecule has 0 atom stereocenters. The Hall–Kier alpha value is -3.64. The van der Waals surface area contributed by atoms with Gasteiger partial charge in [0.25, 0.3) is 15.9 Å². The van der Waals surface area contributed by atoms with E-state index in [9.17, 15) is 13.2 Å². The molecule has 172 valence electrons. The van der Waals surface area contributed by atoms with Crippen molar-refractivity contribution in [2.75, 3.05) is 41.2 Å². The van der Waals surface area contributed by atoms with Gasteiger partial charge in [-0.2, -0.15) is 0 Å². The lowest BCUT2D eigenvalue weighted by Crippen LogP contribution is -2.37. The fraction of sp³-hybridized carbons (Fsp3) is 0.286. The van der Waals surface area contributed by atoms with Crippen LogP contribution in [0.3, 0.4) is 0 Å². The van der Waals surface area contributed by atoms with E-state index < -0.39 is 15.9 Å². The second-order valence-electron chi connectivity index (χ2n) is 7.39. The van der Waals surface area contributed by atoms with Gasteiger partial charge in [0, 0.05) is 36.6 Å². The predicted molar refractivity (Wildman–Crippen MR) is 122 cm³/mol. The number of hydrogen-bond donors (Lipinski definition) is 2. The Morgan fingerprint density at radius 1 is 1.03 bits per heavy atom. The zero-order chi connectivity index (χ0) is 23.4. The highest BCUT2D eigenvalue weighted by Crippen LogP contribution is 2.19. The summed E-state index contributed by atoms with van der Waals surface area (Å²) in [6.07, 6.45) is 1.34. The number of aromatic nitrogens is 4. The molecule has 0 unspecified atom stereocenters. The second-order valence-corrected chi connectivity index (χ2v) is 9.07. The van der Waals surface area contributed by atoms with Gasteiger partial charge in [0.1, 0.15) is 29.5 Å². The molecule has 1 aliphatic heterocycles. The summed E-state index contributed by atoms with van der Waals surface area (Å²) in [4.78, 5) is 31.2. The van der Waals surface area contributed by atoms with Crippen molar-refractivity contribution in [2.45, 2.75) is 18.7 Å². The van der Waals surface area contributed by atoms with Gasteiger partial charge in [-0.3, -0.25) is 9.52 Å². The van der Waals surface area contributed by atoms with Crippen LogP contribution >= 0.6 is 0 Å². The minimum atomic E-state index is -3.85. The van der Waals surface area contributed by atoms with Crippen LogP contribution in [-0.2, 0) is 14.8 Å². The third-order valence-corrected chi connectivity index (χ3v) is 6.22. The van der Waals surface area contributed by atoms with Gasteiger partial charge < -0.3 is 15.0 Å². The molecule has 2 aromatic heterocycles. The van der Waals surface area contributed by atoms with E-state index in [1.807, 2.05) is 4.90 Å². The fourth-order valence-corrected chi connectivity index (χ4v) is 4.31. The molecule has 1 amide bonds. The zero-order valence-electron chi connectivity index (χ0n) is 18.1. The number of hydrogen-bond acceptors (Lipinski definition) is 9. The number of nitrogens with zero attached hydrogens (tertiary/aromatic N) is 5. The molecule has 1 fully saturated rings. The summed E-state index contributed by atoms with van der Waals surface area (Å²) < 4.78 is 33.1. The summed E-state index contributed by atoms with van der Waals surface area (Å²) in [5.41, 5.74) is 1.29. The van der Waals surface area contributed by atoms with Crippen LogP contribution in [0.1, 0.15) is 22.0 Å². The quantitative estimate of drug-likeness (QED) is 0.553. The van der Waals surface area contributed by atoms with E-state index in [0.717, 1.165) is 0 Å². The molecule has 4 rings (SSSR count). The summed E-state index contributed by atoms with van der Waals surface area (Å²) in [6, 6.07) is 8.98. The van der Waals surface area contributed by atoms with Crippen LogP contribution < -0.4 is 14.9 Å². The Morgan fingerprint density at radius 2 is 1.76 bits per heavy atom. The van der Waals surface area contributed by atoms with Crippen molar-refractivity contribution >= 4 is 33.3 Å². The summed E-state index contributed by atoms with van der Waals surface area (Å²) in [6.45, 7) is 6.03. The van der Waals surface area contributed by atoms with Crippen LogP contribution in [0.15, 0.2) is 47.6 Å². The predicted octanol–water partition coefficient (Wildman–Crippen LogP) is 1.77. The summed E-state index contributed by atoms with van der Waals surface area (Å²) in [5, 5.41) is 2.72. The van der Waals surface area contributed by atoms with Gasteiger partial charge >= 0.3 is 0 Å². The third-order valence-electron chi connectivity index (χ3n) is 4.85. The van der Waals surface area contributed by atoms with Crippen LogP contribution in [0.25, 0.3) is 0 Å². The highest BCUT2D eigenvalue weighted by atomic mass is 32.2. The number of sulfonamides is 1. The average molecular weight is 470 g/mol. The largest absolute Gasteiger partial charge is 0.378 e. The SMILES string of the molecule is Cc1cc(NS(=O)(=O)c2ccc(NC(=O)c3cc(N4CCOCC4)ncn3)cc2)nc(C)n1. The highest BCUT2D eigenvalue weighted by Gasteiger charge is 2.18. The molecule has 1 saturated heterocycles. The molecular formula is C21H23N7O4S. The van der Waals surface area contributed by atoms with Crippen molar-refractivity contribution in [2.24, 2.45) is 0 Å². The first-order valence-corrected chi connectivity index (χ1v) is 11.7. The standard InChI is InChI=1S/C21H23N7O4S/c1-14-11-19(25-15(2)24-14)27-33(30,31)17-5-3-16(4-6-17)26-21(29)18-12-20(23-13-22-18)28-7-9-32-10-8-28/h3-6,11-13H,7-10H2,1-2H3,(H,26,29)(H,24,25,27). The lowest BCUT2D eigenvalue weighted by molar-refractivity contribution is 0.102. The number of carbonyl (C=O) groups is 1. The molecule has 0 radical (unpaired) electrons. The molecule has 3 aromatic rings. The fourth-order valence-electron chi connectivity index (χ4n) is 3.31. The van der Waals surface area contributed by atoms with Crippen LogP contribution in [0.2, 0.25) is 0 Å². The first-order valence-electron chi connectivity index (χ1n) is 10.2. The number of aryl methyl sites for hydroxylation is 2. The number of ether oxygens (including phenoxy) is 1. The summed E-state index contributed by atoms with van der Waals surface area (Å²) in [7, 11) is -3.85. The van der Waals surface area contributed by atoms with Gasteiger partial charge in [0.2, 0.25) is 0 Å². The monoisotopic (exact) mass is 469 g/mol. The molecule has 1 aliphatic rings. The van der Waals surface area contributed by atoms with Crippen molar-refractivity contribution in [3.8, 4) is 0 Å². The number of rotatable bonds is 6. The minimum Gasteiger partial charge on any atom is -0.378 e. The molecule has 0 bridgehead atoms. The summed E-state index contributed by atoms with van der Waals surface area (Å²) in [5.74, 6) is 0.887. The van der Waals surface area contributed by atoms with E-state index in [4.69, 9.17) is 4.74 Å². The van der Waals surface area contributed by atoms with E-state index in [-0.39, 0.29) is 16.4 Å². The molecule has 0 aliphatic carbocycles. The van der Waals surface area contributed by atoms with E-state index in [1.54, 1.807) is 26.0 Å². The van der Waals surface area contributed by atoms with Crippen LogP contribution in [0.5, 0.6) is 0 Å². The van der Waals surface area contributed by atoms with E-state index in [1.165, 1.54) is 30.6 Å². The average Bonchev–Trinajstić information content (AvgIpc) is 2.79. The summed E-state index contributed by atoms with van der Waals surface area (Å²) >= 11 is 0. The Labute approximate surface area is 191 Å². The normalized spacial score (nSPS) is 14.1. The first kappa shape index (κ1) is 22.6. The number of nitrogens with one attached hydrogen (secondary N) is 2. The van der Waals surface area contributed by atoms with Crippen LogP contribution in [-0.4, -0.2) is 60.6 Å². The Bertz CT molecular complexity index is 1240. The van der Waals surface area contributed by atoms with Crippen LogP contribution in [0, 0.1) is 13.8 Å². The van der Waals surface area contributed by atoms with Gasteiger partial charge in [0.05, 0.1) is 18.1 Å². The Balaban J connectivity index is 1.44. The van der Waals surface area contributed by atoms with Crippen molar-refractivity contribution < 1.29 is 17.9 Å². The number of amides is 1. The number of benzene rings is 1. The van der Waals surface area contributed by atoms with Crippen molar-refractivity contribution in [1.29, 1.82) is 0 Å². The highest BCUT2D eigenvalue weighted by molar-refractivity contribution is 7.92. The molecule has 0 spiro atoms. The lowest BCUT2D eigenvalue weighted by atomic mass is 10.3. The van der Waals surface area contributed by atoms with Gasteiger partial charge in [-0.15, -0.1) is 0 Å². The molecular weight excluding hydrogens is 446 g/mol. The number of anilines is 3. The van der Waals surface area contributed by atoms with Gasteiger partial charge in [0.15, 0.2) is 0 Å². The molecule has 2 N–H and O–H groups in total. The van der Waals surface area contributed by atoms with Gasteiger partial charge in [-0.1, -0.05) is 0 Å². The Morgan fingerprint density at radius 3 is 2.45 bits per heavy atom. The molecule has 1 aromatic carbocycles. The topological polar surface area (TPSA) is 139 Å². The molecule has 0 saturated carbocycles. The molecule has 12 heteroatoms. The second kappa shape index (κ2) is 9.46. The van der Waals surface area contributed by atoms with E-state index >= 15 is 0 Å². The van der Waals surface area contributed by atoms with Crippen LogP contribution in [0.4, 0.5) is 17.3 Å². The van der Waals surface area contributed by atoms with Gasteiger partial charge in [-0.25, -0.2) is 28.4 Å². The molecule has 3 heterocycles. The van der Waals surface area contributed by atoms with Crippen molar-refractivity contribution in [1.82, 2.24) is 19.9 Å². The first-order chi connectivity index (χ1) is 15.8. The maximum absolute atomic E-state index is 12.7. The smallest absolute Gasteiger partial charge is 0.274 e. The maximum atomic E-state index is 12.7. The molecule has 11 nitrogen and oxygen atoms in total. The van der Waals surface area contributed by atoms with E-state index in [0.29, 0.717) is 49.3 Å². The minimum absolute atomic E-state index is 0.0334. The Kier molecular flexibility index (Phi) is 6.47. The number of morpholine rings is 1. The maximum Gasteiger partial charge on any atom is 0.274 e. The lowest BCUT2D eigenvalue weighted by Gasteiger charge is -2.27. The molecule has 33 heavy (non-hydrogen) atoms. The zero-order valence-corrected chi connectivity index (χ0v) is 19.0. The third kappa shape index (κ3) is 5.59. The number of carbonyl (C=O) groups excluding carboxylic acids is 1. The van der Waals surface area contributed by atoms with Crippen molar-refractivity contribution in [3.63, 3.8) is 0 Å². The van der Waals surface area contributed by atoms with Crippen molar-refractivity contribution in [3.05, 3.63) is 59.9 Å².